The van der Waals surface area contributed by atoms with Gasteiger partial charge in [0.1, 0.15) is 11.5 Å². The molecule has 1 amide bonds. The zero-order valence-corrected chi connectivity index (χ0v) is 15.7. The lowest BCUT2D eigenvalue weighted by molar-refractivity contribution is -0.123. The van der Waals surface area contributed by atoms with Crippen molar-refractivity contribution >= 4 is 17.6 Å². The van der Waals surface area contributed by atoms with Gasteiger partial charge in [0.15, 0.2) is 6.10 Å². The number of hydrogen-bond acceptors (Lipinski definition) is 6. The van der Waals surface area contributed by atoms with Crippen molar-refractivity contribution < 1.29 is 23.8 Å². The summed E-state index contributed by atoms with van der Waals surface area (Å²) in [6.45, 7) is 5.14. The Balaban J connectivity index is 2.10. The van der Waals surface area contributed by atoms with E-state index in [1.54, 1.807) is 24.7 Å². The number of benzene rings is 1. The van der Waals surface area contributed by atoms with E-state index in [1.165, 1.54) is 33.3 Å². The van der Waals surface area contributed by atoms with E-state index in [0.29, 0.717) is 22.9 Å². The fourth-order valence-electron chi connectivity index (χ4n) is 2.39. The molecule has 140 valence electrons. The summed E-state index contributed by atoms with van der Waals surface area (Å²) in [5, 5.41) is 6.99. The lowest BCUT2D eigenvalue weighted by atomic mass is 10.2. The number of carbonyl (C=O) groups excluding carboxylic acids is 2. The second kappa shape index (κ2) is 7.90. The van der Waals surface area contributed by atoms with E-state index < -0.39 is 18.0 Å². The van der Waals surface area contributed by atoms with Crippen molar-refractivity contribution in [2.75, 3.05) is 19.5 Å². The van der Waals surface area contributed by atoms with Crippen LogP contribution >= 0.6 is 0 Å². The summed E-state index contributed by atoms with van der Waals surface area (Å²) in [6, 6.07) is 4.68. The molecule has 2 rings (SSSR count). The van der Waals surface area contributed by atoms with Gasteiger partial charge in [0.05, 0.1) is 36.9 Å². The minimum Gasteiger partial charge on any atom is -0.497 e. The number of hydrogen-bond donors (Lipinski definition) is 1. The van der Waals surface area contributed by atoms with Crippen molar-refractivity contribution in [3.63, 3.8) is 0 Å². The van der Waals surface area contributed by atoms with Crippen LogP contribution in [0.3, 0.4) is 0 Å². The van der Waals surface area contributed by atoms with Crippen LogP contribution in [0.4, 0.5) is 5.69 Å². The summed E-state index contributed by atoms with van der Waals surface area (Å²) in [6.07, 6.45) is -0.987. The number of aryl methyl sites for hydroxylation is 2. The predicted molar refractivity (Wildman–Crippen MR) is 95.7 cm³/mol. The number of rotatable bonds is 6. The number of methoxy groups -OCH3 is 2. The van der Waals surface area contributed by atoms with Crippen molar-refractivity contribution in [3.05, 3.63) is 35.2 Å². The average molecular weight is 361 g/mol. The summed E-state index contributed by atoms with van der Waals surface area (Å²) in [5.41, 5.74) is 2.35. The number of ether oxygens (including phenoxy) is 3. The third kappa shape index (κ3) is 4.14. The molecule has 0 aliphatic rings. The first-order chi connectivity index (χ1) is 12.3. The van der Waals surface area contributed by atoms with E-state index in [9.17, 15) is 9.59 Å². The van der Waals surface area contributed by atoms with Crippen LogP contribution in [-0.2, 0) is 16.6 Å². The fourth-order valence-corrected chi connectivity index (χ4v) is 2.39. The Morgan fingerprint density at radius 1 is 1.12 bits per heavy atom. The molecule has 1 aromatic heterocycles. The van der Waals surface area contributed by atoms with Gasteiger partial charge >= 0.3 is 5.97 Å². The number of nitrogens with one attached hydrogen (secondary N) is 1. The SMILES string of the molecule is COc1cc(OC)cc(C(=O)O[C@H](C)C(=O)Nc2c(C)nn(C)c2C)c1. The summed E-state index contributed by atoms with van der Waals surface area (Å²) in [7, 11) is 4.76. The molecular formula is C18H23N3O5. The average Bonchev–Trinajstić information content (AvgIpc) is 2.86. The van der Waals surface area contributed by atoms with E-state index in [-0.39, 0.29) is 5.56 Å². The fraction of sp³-hybridized carbons (Fsp3) is 0.389. The highest BCUT2D eigenvalue weighted by atomic mass is 16.5. The van der Waals surface area contributed by atoms with E-state index in [1.807, 2.05) is 6.92 Å². The van der Waals surface area contributed by atoms with Crippen molar-refractivity contribution in [2.24, 2.45) is 7.05 Å². The van der Waals surface area contributed by atoms with Crippen molar-refractivity contribution in [1.82, 2.24) is 9.78 Å². The maximum absolute atomic E-state index is 12.4. The Bertz CT molecular complexity index is 806. The molecule has 0 spiro atoms. The van der Waals surface area contributed by atoms with E-state index in [2.05, 4.69) is 10.4 Å². The van der Waals surface area contributed by atoms with Crippen molar-refractivity contribution in [3.8, 4) is 11.5 Å². The summed E-state index contributed by atoms with van der Waals surface area (Å²) in [5.74, 6) is -0.179. The summed E-state index contributed by atoms with van der Waals surface area (Å²) >= 11 is 0. The quantitative estimate of drug-likeness (QED) is 0.794. The highest BCUT2D eigenvalue weighted by molar-refractivity contribution is 5.98. The first-order valence-electron chi connectivity index (χ1n) is 8.02. The second-order valence-corrected chi connectivity index (χ2v) is 5.81. The van der Waals surface area contributed by atoms with E-state index in [0.717, 1.165) is 5.69 Å². The normalized spacial score (nSPS) is 11.6. The van der Waals surface area contributed by atoms with Crippen molar-refractivity contribution in [2.45, 2.75) is 26.9 Å². The van der Waals surface area contributed by atoms with Crippen LogP contribution in [0.15, 0.2) is 18.2 Å². The van der Waals surface area contributed by atoms with Crippen LogP contribution in [-0.4, -0.2) is 42.0 Å². The number of nitrogens with zero attached hydrogens (tertiary/aromatic N) is 2. The maximum atomic E-state index is 12.4. The third-order valence-electron chi connectivity index (χ3n) is 4.00. The van der Waals surface area contributed by atoms with Crippen LogP contribution in [0.5, 0.6) is 11.5 Å². The molecule has 1 atom stereocenters. The highest BCUT2D eigenvalue weighted by Gasteiger charge is 2.22. The zero-order valence-electron chi connectivity index (χ0n) is 15.7. The monoisotopic (exact) mass is 361 g/mol. The van der Waals surface area contributed by atoms with Gasteiger partial charge in [0.2, 0.25) is 0 Å². The van der Waals surface area contributed by atoms with Crippen LogP contribution < -0.4 is 14.8 Å². The molecule has 2 aromatic rings. The molecule has 0 unspecified atom stereocenters. The van der Waals surface area contributed by atoms with Gasteiger partial charge in [-0.05, 0) is 32.9 Å². The molecule has 0 saturated carbocycles. The molecule has 8 heteroatoms. The number of amides is 1. The molecular weight excluding hydrogens is 338 g/mol. The molecule has 0 radical (unpaired) electrons. The predicted octanol–water partition coefficient (Wildman–Crippen LogP) is 2.24. The number of esters is 1. The topological polar surface area (TPSA) is 91.7 Å². The van der Waals surface area contributed by atoms with Gasteiger partial charge < -0.3 is 19.5 Å². The van der Waals surface area contributed by atoms with Crippen molar-refractivity contribution in [1.29, 1.82) is 0 Å². The van der Waals surface area contributed by atoms with E-state index >= 15 is 0 Å². The Hall–Kier alpha value is -3.03. The molecule has 0 aliphatic carbocycles. The van der Waals surface area contributed by atoms with Crippen LogP contribution in [0.2, 0.25) is 0 Å². The molecule has 26 heavy (non-hydrogen) atoms. The molecule has 1 heterocycles. The van der Waals surface area contributed by atoms with E-state index in [4.69, 9.17) is 14.2 Å². The zero-order chi connectivity index (χ0) is 19.4. The van der Waals surface area contributed by atoms with Gasteiger partial charge in [-0.3, -0.25) is 9.48 Å². The summed E-state index contributed by atoms with van der Waals surface area (Å²) < 4.78 is 17.2. The Morgan fingerprint density at radius 2 is 1.69 bits per heavy atom. The standard InChI is InChI=1S/C18H23N3O5/c1-10-16(11(2)21(4)20-10)19-17(22)12(3)26-18(23)13-7-14(24-5)9-15(8-13)25-6/h7-9,12H,1-6H3,(H,19,22)/t12-/m1/s1. The second-order valence-electron chi connectivity index (χ2n) is 5.81. The number of aromatic nitrogens is 2. The largest absolute Gasteiger partial charge is 0.497 e. The van der Waals surface area contributed by atoms with Crippen LogP contribution in [0.1, 0.15) is 28.7 Å². The van der Waals surface area contributed by atoms with Gasteiger partial charge in [0, 0.05) is 13.1 Å². The smallest absolute Gasteiger partial charge is 0.339 e. The molecule has 8 nitrogen and oxygen atoms in total. The third-order valence-corrected chi connectivity index (χ3v) is 4.00. The molecule has 0 bridgehead atoms. The molecule has 1 N–H and O–H groups in total. The molecule has 1 aromatic carbocycles. The maximum Gasteiger partial charge on any atom is 0.339 e. The lowest BCUT2D eigenvalue weighted by Gasteiger charge is -2.14. The highest BCUT2D eigenvalue weighted by Crippen LogP contribution is 2.23. The van der Waals surface area contributed by atoms with Gasteiger partial charge in [0.25, 0.3) is 5.91 Å². The summed E-state index contributed by atoms with van der Waals surface area (Å²) in [4.78, 5) is 24.7. The Kier molecular flexibility index (Phi) is 5.86. The molecule has 0 fully saturated rings. The minimum absolute atomic E-state index is 0.231. The van der Waals surface area contributed by atoms with Crippen LogP contribution in [0, 0.1) is 13.8 Å². The Morgan fingerprint density at radius 3 is 2.15 bits per heavy atom. The van der Waals surface area contributed by atoms with Gasteiger partial charge in [-0.15, -0.1) is 0 Å². The number of carbonyl (C=O) groups is 2. The number of anilines is 1. The van der Waals surface area contributed by atoms with Gasteiger partial charge in [-0.25, -0.2) is 4.79 Å². The Labute approximate surface area is 152 Å². The molecule has 0 saturated heterocycles. The van der Waals surface area contributed by atoms with Gasteiger partial charge in [-0.1, -0.05) is 0 Å². The minimum atomic E-state index is -0.987. The first kappa shape index (κ1) is 19.3. The first-order valence-corrected chi connectivity index (χ1v) is 8.02. The lowest BCUT2D eigenvalue weighted by Crippen LogP contribution is -2.30. The van der Waals surface area contributed by atoms with Crippen LogP contribution in [0.25, 0.3) is 0 Å². The van der Waals surface area contributed by atoms with Gasteiger partial charge in [-0.2, -0.15) is 5.10 Å². The molecule has 0 aliphatic heterocycles.